The van der Waals surface area contributed by atoms with Gasteiger partial charge in [-0.2, -0.15) is 0 Å². The molecule has 1 aliphatic carbocycles. The highest BCUT2D eigenvalue weighted by atomic mass is 35.5. The van der Waals surface area contributed by atoms with Gasteiger partial charge in [0.2, 0.25) is 11.9 Å². The van der Waals surface area contributed by atoms with Gasteiger partial charge in [0.1, 0.15) is 6.54 Å². The number of anilines is 1. The number of nitrogens with zero attached hydrogens (tertiary/aromatic N) is 3. The van der Waals surface area contributed by atoms with Gasteiger partial charge in [-0.25, -0.2) is 9.97 Å². The van der Waals surface area contributed by atoms with Gasteiger partial charge < -0.3 is 35.2 Å². The van der Waals surface area contributed by atoms with Crippen LogP contribution in [-0.4, -0.2) is 82.2 Å². The van der Waals surface area contributed by atoms with E-state index < -0.39 is 30.4 Å². The van der Waals surface area contributed by atoms with Gasteiger partial charge in [0.15, 0.2) is 6.29 Å². The van der Waals surface area contributed by atoms with E-state index in [4.69, 9.17) is 21.1 Å². The summed E-state index contributed by atoms with van der Waals surface area (Å²) in [6.07, 6.45) is 1.84. The van der Waals surface area contributed by atoms with Crippen molar-refractivity contribution in [2.45, 2.75) is 56.2 Å². The Kier molecular flexibility index (Phi) is 8.60. The van der Waals surface area contributed by atoms with Crippen molar-refractivity contribution < 1.29 is 29.3 Å². The van der Waals surface area contributed by atoms with E-state index >= 15 is 0 Å². The Balaban J connectivity index is 1.24. The Morgan fingerprint density at radius 2 is 2.00 bits per heavy atom. The van der Waals surface area contributed by atoms with Gasteiger partial charge in [-0.05, 0) is 35.6 Å². The number of halogens is 1. The topological polar surface area (TPSA) is 146 Å². The molecule has 43 heavy (non-hydrogen) atoms. The maximum atomic E-state index is 13.8. The van der Waals surface area contributed by atoms with Crippen molar-refractivity contribution in [3.63, 3.8) is 0 Å². The van der Waals surface area contributed by atoms with Crippen LogP contribution in [0.4, 0.5) is 5.95 Å². The van der Waals surface area contributed by atoms with Crippen LogP contribution in [0.25, 0.3) is 11.3 Å². The number of ether oxygens (including phenoxy) is 2. The molecule has 2 aliphatic heterocycles. The van der Waals surface area contributed by atoms with Gasteiger partial charge in [-0.15, -0.1) is 0 Å². The zero-order valence-electron chi connectivity index (χ0n) is 23.7. The first-order chi connectivity index (χ1) is 20.8. The van der Waals surface area contributed by atoms with Crippen LogP contribution in [-0.2, 0) is 20.7 Å². The lowest BCUT2D eigenvalue weighted by molar-refractivity contribution is -0.124. The number of fused-ring (bicyclic) bond motifs is 2. The number of rotatable bonds is 9. The largest absolute Gasteiger partial charge is 0.390 e. The molecular formula is C31H34ClN5O6. The highest BCUT2D eigenvalue weighted by Gasteiger charge is 2.40. The average Bonchev–Trinajstić information content (AvgIpc) is 3.46. The number of benzene rings is 2. The SMILES string of the molecule is COC(O)CC1c2ccc(-c3nc(NC4CCOCC4)ncc3Cl)cc2C(=O)N1CC(=O)N[C@H]1c2ccccc2C[C@H]1O. The molecule has 11 nitrogen and oxygen atoms in total. The zero-order chi connectivity index (χ0) is 30.1. The summed E-state index contributed by atoms with van der Waals surface area (Å²) in [5, 5.41) is 27.5. The lowest BCUT2D eigenvalue weighted by Crippen LogP contribution is -2.43. The first-order valence-corrected chi connectivity index (χ1v) is 14.8. The molecule has 0 bridgehead atoms. The highest BCUT2D eigenvalue weighted by Crippen LogP contribution is 2.40. The highest BCUT2D eigenvalue weighted by molar-refractivity contribution is 6.33. The van der Waals surface area contributed by atoms with Crippen molar-refractivity contribution in [1.29, 1.82) is 0 Å². The van der Waals surface area contributed by atoms with Crippen LogP contribution in [0.15, 0.2) is 48.7 Å². The van der Waals surface area contributed by atoms with Crippen molar-refractivity contribution in [2.24, 2.45) is 0 Å². The van der Waals surface area contributed by atoms with Crippen LogP contribution >= 0.6 is 11.6 Å². The second-order valence-electron chi connectivity index (χ2n) is 11.1. The van der Waals surface area contributed by atoms with Gasteiger partial charge in [0.05, 0.1) is 35.1 Å². The van der Waals surface area contributed by atoms with Gasteiger partial charge in [-0.1, -0.05) is 48.0 Å². The average molecular weight is 608 g/mol. The van der Waals surface area contributed by atoms with E-state index in [-0.39, 0.29) is 24.9 Å². The van der Waals surface area contributed by atoms with E-state index in [1.165, 1.54) is 18.2 Å². The van der Waals surface area contributed by atoms with Crippen molar-refractivity contribution in [3.05, 3.63) is 75.9 Å². The third-order valence-electron chi connectivity index (χ3n) is 8.38. The normalized spacial score (nSPS) is 22.3. The van der Waals surface area contributed by atoms with Crippen molar-refractivity contribution >= 4 is 29.4 Å². The molecule has 2 unspecified atom stereocenters. The van der Waals surface area contributed by atoms with E-state index in [0.717, 1.165) is 24.0 Å². The Labute approximate surface area is 254 Å². The second-order valence-corrected chi connectivity index (χ2v) is 11.5. The maximum absolute atomic E-state index is 13.8. The monoisotopic (exact) mass is 607 g/mol. The number of carbonyl (C=O) groups is 2. The van der Waals surface area contributed by atoms with E-state index in [1.54, 1.807) is 12.1 Å². The Bertz CT molecular complexity index is 1520. The minimum Gasteiger partial charge on any atom is -0.390 e. The van der Waals surface area contributed by atoms with E-state index in [2.05, 4.69) is 20.6 Å². The summed E-state index contributed by atoms with van der Waals surface area (Å²) in [4.78, 5) is 37.5. The quantitative estimate of drug-likeness (QED) is 0.270. The summed E-state index contributed by atoms with van der Waals surface area (Å²) in [5.74, 6) is -0.340. The van der Waals surface area contributed by atoms with Crippen LogP contribution in [0.3, 0.4) is 0 Å². The molecule has 4 atom stereocenters. The number of aliphatic hydroxyl groups is 2. The summed E-state index contributed by atoms with van der Waals surface area (Å²) in [6.45, 7) is 1.09. The molecule has 2 amide bonds. The van der Waals surface area contributed by atoms with Gasteiger partial charge in [0, 0.05) is 50.3 Å². The van der Waals surface area contributed by atoms with Crippen LogP contribution in [0, 0.1) is 0 Å². The molecule has 226 valence electrons. The molecule has 1 saturated heterocycles. The van der Waals surface area contributed by atoms with Crippen molar-refractivity contribution in [3.8, 4) is 11.3 Å². The number of aromatic nitrogens is 2. The van der Waals surface area contributed by atoms with Crippen molar-refractivity contribution in [2.75, 3.05) is 32.2 Å². The summed E-state index contributed by atoms with van der Waals surface area (Å²) in [5.41, 5.74) is 3.99. The van der Waals surface area contributed by atoms with Gasteiger partial charge in [-0.3, -0.25) is 9.59 Å². The molecule has 0 radical (unpaired) electrons. The fraction of sp³-hybridized carbons (Fsp3) is 0.419. The molecule has 12 heteroatoms. The Morgan fingerprint density at radius 1 is 1.21 bits per heavy atom. The van der Waals surface area contributed by atoms with Crippen LogP contribution in [0.2, 0.25) is 5.02 Å². The number of nitrogens with one attached hydrogen (secondary N) is 2. The van der Waals surface area contributed by atoms with E-state index in [9.17, 15) is 19.8 Å². The lowest BCUT2D eigenvalue weighted by Gasteiger charge is -2.27. The van der Waals surface area contributed by atoms with Crippen LogP contribution in [0.1, 0.15) is 58.4 Å². The summed E-state index contributed by atoms with van der Waals surface area (Å²) < 4.78 is 10.5. The smallest absolute Gasteiger partial charge is 0.255 e. The number of amides is 2. The molecule has 3 heterocycles. The number of aliphatic hydroxyl groups excluding tert-OH is 2. The molecule has 1 fully saturated rings. The summed E-state index contributed by atoms with van der Waals surface area (Å²) >= 11 is 6.51. The fourth-order valence-electron chi connectivity index (χ4n) is 6.15. The molecule has 2 aromatic carbocycles. The fourth-order valence-corrected chi connectivity index (χ4v) is 6.35. The number of hydrogen-bond donors (Lipinski definition) is 4. The maximum Gasteiger partial charge on any atom is 0.255 e. The third-order valence-corrected chi connectivity index (χ3v) is 8.66. The minimum atomic E-state index is -1.15. The van der Waals surface area contributed by atoms with E-state index in [0.29, 0.717) is 53.0 Å². The summed E-state index contributed by atoms with van der Waals surface area (Å²) in [7, 11) is 1.38. The molecule has 3 aromatic rings. The third kappa shape index (κ3) is 6.09. The molecule has 0 spiro atoms. The van der Waals surface area contributed by atoms with Gasteiger partial charge in [0.25, 0.3) is 5.91 Å². The number of methoxy groups -OCH3 is 1. The molecular weight excluding hydrogens is 574 g/mol. The van der Waals surface area contributed by atoms with Gasteiger partial charge >= 0.3 is 0 Å². The molecule has 6 rings (SSSR count). The Morgan fingerprint density at radius 3 is 2.79 bits per heavy atom. The second kappa shape index (κ2) is 12.6. The van der Waals surface area contributed by atoms with Crippen LogP contribution < -0.4 is 10.6 Å². The molecule has 4 N–H and O–H groups in total. The molecule has 1 aromatic heterocycles. The minimum absolute atomic E-state index is 0.0736. The predicted octanol–water partition coefficient (Wildman–Crippen LogP) is 3.01. The zero-order valence-corrected chi connectivity index (χ0v) is 24.5. The standard InChI is InChI=1S/C31H34ClN5O6/c1-42-27(40)14-24-21-7-6-18(28-23(32)15-33-31(36-28)34-19-8-10-43-11-9-19)12-22(21)30(41)37(24)16-26(39)35-29-20-5-3-2-4-17(20)13-25(29)38/h2-7,12,15,19,24-25,27,29,38,40H,8-11,13-14,16H2,1H3,(H,35,39)(H,33,34,36)/t24?,25-,27?,29+/m1/s1. The predicted molar refractivity (Wildman–Crippen MR) is 158 cm³/mol. The number of carbonyl (C=O) groups excluding carboxylic acids is 2. The van der Waals surface area contributed by atoms with E-state index in [1.807, 2.05) is 30.3 Å². The van der Waals surface area contributed by atoms with Crippen LogP contribution in [0.5, 0.6) is 0 Å². The first kappa shape index (κ1) is 29.5. The number of hydrogen-bond acceptors (Lipinski definition) is 9. The van der Waals surface area contributed by atoms with Crippen molar-refractivity contribution in [1.82, 2.24) is 20.2 Å². The molecule has 3 aliphatic rings. The molecule has 0 saturated carbocycles. The first-order valence-electron chi connectivity index (χ1n) is 14.4. The summed E-state index contributed by atoms with van der Waals surface area (Å²) in [6, 6.07) is 11.9. The Hall–Kier alpha value is -3.61. The lowest BCUT2D eigenvalue weighted by atomic mass is 9.98.